The molecule has 1 aliphatic rings. The highest BCUT2D eigenvalue weighted by Crippen LogP contribution is 2.37. The van der Waals surface area contributed by atoms with E-state index in [1.54, 1.807) is 0 Å². The van der Waals surface area contributed by atoms with Crippen LogP contribution in [-0.4, -0.2) is 0 Å². The lowest BCUT2D eigenvalue weighted by Gasteiger charge is -2.27. The number of anilines is 5. The van der Waals surface area contributed by atoms with Crippen LogP contribution in [0.3, 0.4) is 0 Å². The highest BCUT2D eigenvalue weighted by molar-refractivity contribution is 5.79. The highest BCUT2D eigenvalue weighted by atomic mass is 15.1. The van der Waals surface area contributed by atoms with Gasteiger partial charge in [-0.3, -0.25) is 0 Å². The van der Waals surface area contributed by atoms with Crippen molar-refractivity contribution in [2.75, 3.05) is 9.80 Å². The zero-order valence-electron chi connectivity index (χ0n) is 27.7. The second-order valence-electron chi connectivity index (χ2n) is 13.5. The monoisotopic (exact) mass is 600 g/mol. The zero-order valence-corrected chi connectivity index (χ0v) is 27.7. The predicted octanol–water partition coefficient (Wildman–Crippen LogP) is 12.8. The molecule has 0 amide bonds. The minimum atomic E-state index is 0.256. The maximum Gasteiger partial charge on any atom is 0.0462 e. The van der Waals surface area contributed by atoms with Crippen molar-refractivity contribution in [3.8, 4) is 11.1 Å². The maximum atomic E-state index is 2.37. The molecule has 2 nitrogen and oxygen atoms in total. The minimum absolute atomic E-state index is 0.256. The van der Waals surface area contributed by atoms with Gasteiger partial charge >= 0.3 is 0 Å². The van der Waals surface area contributed by atoms with E-state index in [2.05, 4.69) is 196 Å². The first-order valence-electron chi connectivity index (χ1n) is 16.3. The molecule has 46 heavy (non-hydrogen) atoms. The van der Waals surface area contributed by atoms with Crippen molar-refractivity contribution in [3.05, 3.63) is 174 Å². The Morgan fingerprint density at radius 2 is 0.913 bits per heavy atom. The van der Waals surface area contributed by atoms with Gasteiger partial charge in [-0.15, -0.1) is 0 Å². The Kier molecular flexibility index (Phi) is 9.08. The number of para-hydroxylation sites is 1. The molecule has 0 bridgehead atoms. The molecule has 0 radical (unpaired) electrons. The standard InChI is InChI=1S/C44H44N2/c1-33-14-23-40(24-15-33)45(38-11-7-6-8-12-38)42-28-19-36(20-29-42)37-21-30-43(31-22-37)46(41-25-16-34(2)17-26-41)39-13-9-10-35(18-27-39)32-44(3,4)5/h6-8,10-31H,9,32H2,1-5H3. The fourth-order valence-electron chi connectivity index (χ4n) is 6.03. The summed E-state index contributed by atoms with van der Waals surface area (Å²) in [5, 5.41) is 0. The van der Waals surface area contributed by atoms with Crippen molar-refractivity contribution >= 4 is 28.4 Å². The third-order valence-corrected chi connectivity index (χ3v) is 8.35. The average Bonchev–Trinajstić information content (AvgIpc) is 3.28. The van der Waals surface area contributed by atoms with Crippen LogP contribution in [0.15, 0.2) is 163 Å². The van der Waals surface area contributed by atoms with E-state index < -0.39 is 0 Å². The molecule has 0 heterocycles. The Morgan fingerprint density at radius 1 is 0.478 bits per heavy atom. The smallest absolute Gasteiger partial charge is 0.0462 e. The van der Waals surface area contributed by atoms with E-state index in [1.165, 1.54) is 33.5 Å². The number of benzene rings is 5. The van der Waals surface area contributed by atoms with E-state index in [1.807, 2.05) is 0 Å². The van der Waals surface area contributed by atoms with E-state index in [9.17, 15) is 0 Å². The number of rotatable bonds is 8. The molecule has 0 fully saturated rings. The molecule has 0 atom stereocenters. The number of nitrogens with zero attached hydrogens (tertiary/aromatic N) is 2. The molecule has 0 N–H and O–H groups in total. The molecule has 0 saturated heterocycles. The molecule has 2 heteroatoms. The normalized spacial score (nSPS) is 13.1. The largest absolute Gasteiger partial charge is 0.311 e. The van der Waals surface area contributed by atoms with E-state index in [4.69, 9.17) is 0 Å². The third-order valence-electron chi connectivity index (χ3n) is 8.35. The molecular formula is C44H44N2. The first kappa shape index (κ1) is 30.9. The van der Waals surface area contributed by atoms with Gasteiger partial charge in [0.05, 0.1) is 0 Å². The molecule has 0 aliphatic heterocycles. The second kappa shape index (κ2) is 13.5. The Hall–Kier alpha value is -5.08. The molecule has 1 aliphatic carbocycles. The number of hydrogen-bond acceptors (Lipinski definition) is 2. The Balaban J connectivity index is 1.29. The quantitative estimate of drug-likeness (QED) is 0.175. The lowest BCUT2D eigenvalue weighted by Crippen LogP contribution is -2.15. The zero-order chi connectivity index (χ0) is 32.1. The molecule has 6 rings (SSSR count). The first-order valence-corrected chi connectivity index (χ1v) is 16.3. The molecular weight excluding hydrogens is 556 g/mol. The molecule has 0 aromatic heterocycles. The van der Waals surface area contributed by atoms with Gasteiger partial charge in [-0.2, -0.15) is 0 Å². The second-order valence-corrected chi connectivity index (χ2v) is 13.5. The van der Waals surface area contributed by atoms with Gasteiger partial charge in [0.2, 0.25) is 0 Å². The molecule has 0 saturated carbocycles. The van der Waals surface area contributed by atoms with E-state index in [-0.39, 0.29) is 5.41 Å². The fourth-order valence-corrected chi connectivity index (χ4v) is 6.03. The van der Waals surface area contributed by atoms with Gasteiger partial charge in [-0.05, 0) is 110 Å². The van der Waals surface area contributed by atoms with E-state index in [0.717, 1.165) is 41.3 Å². The average molecular weight is 601 g/mol. The van der Waals surface area contributed by atoms with E-state index in [0.29, 0.717) is 0 Å². The number of allylic oxidation sites excluding steroid dienone is 5. The van der Waals surface area contributed by atoms with Crippen molar-refractivity contribution in [2.45, 2.75) is 47.5 Å². The molecule has 0 spiro atoms. The van der Waals surface area contributed by atoms with Crippen LogP contribution in [0.4, 0.5) is 28.4 Å². The maximum absolute atomic E-state index is 2.37. The first-order chi connectivity index (χ1) is 22.2. The van der Waals surface area contributed by atoms with Crippen LogP contribution < -0.4 is 9.80 Å². The van der Waals surface area contributed by atoms with Gasteiger partial charge in [-0.25, -0.2) is 0 Å². The van der Waals surface area contributed by atoms with Crippen molar-refractivity contribution in [3.63, 3.8) is 0 Å². The van der Waals surface area contributed by atoms with Gasteiger partial charge in [0.15, 0.2) is 0 Å². The van der Waals surface area contributed by atoms with Crippen LogP contribution in [-0.2, 0) is 0 Å². The minimum Gasteiger partial charge on any atom is -0.311 e. The summed E-state index contributed by atoms with van der Waals surface area (Å²) in [6.07, 6.45) is 11.3. The summed E-state index contributed by atoms with van der Waals surface area (Å²) in [5.41, 5.74) is 13.5. The van der Waals surface area contributed by atoms with Crippen LogP contribution in [0, 0.1) is 19.3 Å². The lowest BCUT2D eigenvalue weighted by molar-refractivity contribution is 0.413. The van der Waals surface area contributed by atoms with Crippen molar-refractivity contribution in [2.24, 2.45) is 5.41 Å². The SMILES string of the molecule is Cc1ccc(N(C2=CCC=C(CC(C)(C)C)C=C2)c2ccc(-c3ccc(N(c4ccccc4)c4ccc(C)cc4)cc3)cc2)cc1. The van der Waals surface area contributed by atoms with Crippen molar-refractivity contribution in [1.29, 1.82) is 0 Å². The van der Waals surface area contributed by atoms with Crippen LogP contribution in [0.5, 0.6) is 0 Å². The van der Waals surface area contributed by atoms with E-state index >= 15 is 0 Å². The molecule has 230 valence electrons. The Labute approximate surface area is 275 Å². The van der Waals surface area contributed by atoms with Gasteiger partial charge in [0, 0.05) is 34.1 Å². The summed E-state index contributed by atoms with van der Waals surface area (Å²) in [7, 11) is 0. The molecule has 5 aromatic rings. The topological polar surface area (TPSA) is 6.48 Å². The predicted molar refractivity (Wildman–Crippen MR) is 199 cm³/mol. The van der Waals surface area contributed by atoms with Crippen LogP contribution in [0.2, 0.25) is 0 Å². The van der Waals surface area contributed by atoms with Crippen molar-refractivity contribution < 1.29 is 0 Å². The number of hydrogen-bond donors (Lipinski definition) is 0. The van der Waals surface area contributed by atoms with Gasteiger partial charge in [0.1, 0.15) is 0 Å². The highest BCUT2D eigenvalue weighted by Gasteiger charge is 2.17. The van der Waals surface area contributed by atoms with Crippen LogP contribution in [0.25, 0.3) is 11.1 Å². The summed E-state index contributed by atoms with van der Waals surface area (Å²) in [6.45, 7) is 11.2. The van der Waals surface area contributed by atoms with Crippen LogP contribution in [0.1, 0.15) is 44.7 Å². The van der Waals surface area contributed by atoms with Gasteiger partial charge < -0.3 is 9.80 Å². The van der Waals surface area contributed by atoms with Crippen LogP contribution >= 0.6 is 0 Å². The Bertz CT molecular complexity index is 1830. The summed E-state index contributed by atoms with van der Waals surface area (Å²) < 4.78 is 0. The molecule has 0 unspecified atom stereocenters. The third kappa shape index (κ3) is 7.41. The summed E-state index contributed by atoms with van der Waals surface area (Å²) in [5.74, 6) is 0. The fraction of sp³-hybridized carbons (Fsp3) is 0.182. The molecule has 5 aromatic carbocycles. The van der Waals surface area contributed by atoms with Gasteiger partial charge in [-0.1, -0.05) is 122 Å². The van der Waals surface area contributed by atoms with Gasteiger partial charge in [0.25, 0.3) is 0 Å². The lowest BCUT2D eigenvalue weighted by atomic mass is 9.87. The summed E-state index contributed by atoms with van der Waals surface area (Å²) >= 11 is 0. The number of aryl methyl sites for hydroxylation is 2. The summed E-state index contributed by atoms with van der Waals surface area (Å²) in [6, 6.07) is 46.0. The summed E-state index contributed by atoms with van der Waals surface area (Å²) in [4.78, 5) is 4.68. The Morgan fingerprint density at radius 3 is 1.39 bits per heavy atom. The van der Waals surface area contributed by atoms with Crippen molar-refractivity contribution in [1.82, 2.24) is 0 Å².